The van der Waals surface area contributed by atoms with Gasteiger partial charge in [0.25, 0.3) is 11.9 Å². The number of carbonyl (C=O) groups excluding carboxylic acids is 1. The van der Waals surface area contributed by atoms with Crippen molar-refractivity contribution >= 4 is 27.8 Å². The van der Waals surface area contributed by atoms with E-state index >= 15 is 0 Å². The molecule has 3 rings (SSSR count). The van der Waals surface area contributed by atoms with Crippen molar-refractivity contribution in [3.8, 4) is 0 Å². The zero-order valence-corrected chi connectivity index (χ0v) is 17.6. The molecule has 0 aliphatic carbocycles. The van der Waals surface area contributed by atoms with Gasteiger partial charge in [-0.2, -0.15) is 17.7 Å². The number of nitrogens with zero attached hydrogens (tertiary/aromatic N) is 2. The molecule has 1 aromatic carbocycles. The summed E-state index contributed by atoms with van der Waals surface area (Å²) in [6.07, 6.45) is 1.70. The van der Waals surface area contributed by atoms with Crippen LogP contribution in [0.5, 0.6) is 0 Å². The van der Waals surface area contributed by atoms with Gasteiger partial charge in [-0.15, -0.1) is 0 Å². The second kappa shape index (κ2) is 8.93. The molecule has 0 radical (unpaired) electrons. The van der Waals surface area contributed by atoms with Gasteiger partial charge in [0, 0.05) is 25.4 Å². The largest absolute Gasteiger partial charge is 0.431 e. The van der Waals surface area contributed by atoms with E-state index in [0.717, 1.165) is 23.1 Å². The van der Waals surface area contributed by atoms with Gasteiger partial charge in [0.1, 0.15) is 6.26 Å². The Morgan fingerprint density at radius 2 is 2.03 bits per heavy atom. The van der Waals surface area contributed by atoms with Crippen LogP contribution < -0.4 is 10.0 Å². The van der Waals surface area contributed by atoms with Crippen LogP contribution in [0.15, 0.2) is 28.9 Å². The Labute approximate surface area is 170 Å². The lowest BCUT2D eigenvalue weighted by molar-refractivity contribution is 0.0973. The van der Waals surface area contributed by atoms with Gasteiger partial charge in [-0.05, 0) is 36.5 Å². The molecule has 2 N–H and O–H groups in total. The number of aromatic nitrogens is 1. The predicted octanol–water partition coefficient (Wildman–Crippen LogP) is 2.55. The lowest BCUT2D eigenvalue weighted by Gasteiger charge is -2.18. The molecule has 9 nitrogen and oxygen atoms in total. The lowest BCUT2D eigenvalue weighted by atomic mass is 10.0. The highest BCUT2D eigenvalue weighted by Gasteiger charge is 2.27. The summed E-state index contributed by atoms with van der Waals surface area (Å²) in [6, 6.07) is 6.15. The average molecular weight is 423 g/mol. The molecule has 158 valence electrons. The fraction of sp³-hybridized carbons (Fsp3) is 0.474. The highest BCUT2D eigenvalue weighted by Crippen LogP contribution is 2.25. The first-order chi connectivity index (χ1) is 13.8. The third kappa shape index (κ3) is 5.34. The number of oxazole rings is 1. The quantitative estimate of drug-likeness (QED) is 0.735. The van der Waals surface area contributed by atoms with Crippen molar-refractivity contribution in [2.24, 2.45) is 0 Å². The summed E-state index contributed by atoms with van der Waals surface area (Å²) in [5.74, 6) is -0.490. The van der Waals surface area contributed by atoms with Gasteiger partial charge in [-0.25, -0.2) is 4.72 Å². The van der Waals surface area contributed by atoms with Crippen molar-refractivity contribution in [2.45, 2.75) is 33.1 Å². The Kier molecular flexibility index (Phi) is 6.56. The number of ether oxygens (including phenoxy) is 1. The van der Waals surface area contributed by atoms with Crippen LogP contribution >= 0.6 is 0 Å². The van der Waals surface area contributed by atoms with E-state index < -0.39 is 16.1 Å². The molecular weight excluding hydrogens is 396 g/mol. The Morgan fingerprint density at radius 1 is 1.24 bits per heavy atom. The molecule has 10 heteroatoms. The molecule has 0 unspecified atom stereocenters. The Balaban J connectivity index is 1.69. The molecule has 1 aliphatic heterocycles. The molecule has 2 aromatic rings. The van der Waals surface area contributed by atoms with Crippen LogP contribution in [-0.2, 0) is 14.9 Å². The molecule has 1 saturated heterocycles. The molecule has 1 aromatic heterocycles. The van der Waals surface area contributed by atoms with Crippen LogP contribution in [-0.4, -0.2) is 49.9 Å². The Bertz CT molecular complexity index is 963. The van der Waals surface area contributed by atoms with E-state index in [4.69, 9.17) is 9.15 Å². The maximum atomic E-state index is 12.4. The molecule has 0 atom stereocenters. The van der Waals surface area contributed by atoms with E-state index in [2.05, 4.69) is 30.2 Å². The van der Waals surface area contributed by atoms with Crippen LogP contribution in [0, 0.1) is 6.92 Å². The minimum atomic E-state index is -3.97. The van der Waals surface area contributed by atoms with Crippen molar-refractivity contribution in [2.75, 3.05) is 31.6 Å². The fourth-order valence-electron chi connectivity index (χ4n) is 2.88. The highest BCUT2D eigenvalue weighted by atomic mass is 32.2. The molecule has 0 spiro atoms. The first-order valence-corrected chi connectivity index (χ1v) is 10.9. The summed E-state index contributed by atoms with van der Waals surface area (Å²) >= 11 is 0. The molecule has 2 heterocycles. The zero-order chi connectivity index (χ0) is 21.0. The standard InChI is InChI=1S/C19H26N4O5S/c1-13(2)15-6-5-14(3)16(11-15)20-19-21-17(12-28-19)18(24)22-29(25,26)23-7-4-9-27-10-8-23/h5-6,11-13H,4,7-10H2,1-3H3,(H,20,21)(H,22,24). The summed E-state index contributed by atoms with van der Waals surface area (Å²) in [6.45, 7) is 7.41. The van der Waals surface area contributed by atoms with E-state index in [1.807, 2.05) is 23.8 Å². The maximum absolute atomic E-state index is 12.4. The van der Waals surface area contributed by atoms with E-state index in [1.165, 1.54) is 4.31 Å². The van der Waals surface area contributed by atoms with Crippen LogP contribution in [0.3, 0.4) is 0 Å². The molecule has 1 aliphatic rings. The third-order valence-corrected chi connectivity index (χ3v) is 6.14. The van der Waals surface area contributed by atoms with Crippen molar-refractivity contribution in [3.63, 3.8) is 0 Å². The minimum Gasteiger partial charge on any atom is -0.431 e. The normalized spacial score (nSPS) is 15.9. The number of benzene rings is 1. The van der Waals surface area contributed by atoms with Gasteiger partial charge in [-0.3, -0.25) is 4.79 Å². The first-order valence-electron chi connectivity index (χ1n) is 9.49. The average Bonchev–Trinajstić information content (AvgIpc) is 2.95. The van der Waals surface area contributed by atoms with Gasteiger partial charge in [-0.1, -0.05) is 26.0 Å². The number of rotatable bonds is 6. The van der Waals surface area contributed by atoms with E-state index in [0.29, 0.717) is 32.1 Å². The number of anilines is 2. The summed E-state index contributed by atoms with van der Waals surface area (Å²) in [7, 11) is -3.97. The van der Waals surface area contributed by atoms with Gasteiger partial charge >= 0.3 is 10.2 Å². The fourth-order valence-corrected chi connectivity index (χ4v) is 4.03. The monoisotopic (exact) mass is 422 g/mol. The number of aryl methyl sites for hydroxylation is 1. The van der Waals surface area contributed by atoms with E-state index in [1.54, 1.807) is 0 Å². The summed E-state index contributed by atoms with van der Waals surface area (Å²) < 4.78 is 38.7. The highest BCUT2D eigenvalue weighted by molar-refractivity contribution is 7.87. The van der Waals surface area contributed by atoms with Crippen molar-refractivity contribution in [1.29, 1.82) is 0 Å². The summed E-state index contributed by atoms with van der Waals surface area (Å²) in [5, 5.41) is 3.04. The summed E-state index contributed by atoms with van der Waals surface area (Å²) in [4.78, 5) is 16.4. The predicted molar refractivity (Wildman–Crippen MR) is 108 cm³/mol. The number of carbonyl (C=O) groups is 1. The smallest absolute Gasteiger partial charge is 0.304 e. The second-order valence-electron chi connectivity index (χ2n) is 7.19. The van der Waals surface area contributed by atoms with Crippen LogP contribution in [0.1, 0.15) is 47.8 Å². The van der Waals surface area contributed by atoms with Gasteiger partial charge < -0.3 is 14.5 Å². The molecule has 1 amide bonds. The first kappa shape index (κ1) is 21.3. The molecule has 0 saturated carbocycles. The van der Waals surface area contributed by atoms with Crippen molar-refractivity contribution in [3.05, 3.63) is 41.3 Å². The molecule has 29 heavy (non-hydrogen) atoms. The molecule has 0 bridgehead atoms. The van der Waals surface area contributed by atoms with E-state index in [9.17, 15) is 13.2 Å². The topological polar surface area (TPSA) is 114 Å². The van der Waals surface area contributed by atoms with Crippen LogP contribution in [0.25, 0.3) is 0 Å². The number of nitrogens with one attached hydrogen (secondary N) is 2. The summed E-state index contributed by atoms with van der Waals surface area (Å²) in [5.41, 5.74) is 2.82. The number of hydrogen-bond acceptors (Lipinski definition) is 7. The lowest BCUT2D eigenvalue weighted by Crippen LogP contribution is -2.44. The SMILES string of the molecule is Cc1ccc(C(C)C)cc1Nc1nc(C(=O)NS(=O)(=O)N2CCCOCC2)co1. The van der Waals surface area contributed by atoms with Crippen molar-refractivity contribution < 1.29 is 22.4 Å². The number of hydrogen-bond donors (Lipinski definition) is 2. The third-order valence-electron chi connectivity index (χ3n) is 4.65. The van der Waals surface area contributed by atoms with Crippen molar-refractivity contribution in [1.82, 2.24) is 14.0 Å². The van der Waals surface area contributed by atoms with Crippen LogP contribution in [0.4, 0.5) is 11.7 Å². The van der Waals surface area contributed by atoms with Crippen LogP contribution in [0.2, 0.25) is 0 Å². The zero-order valence-electron chi connectivity index (χ0n) is 16.8. The number of amides is 1. The minimum absolute atomic E-state index is 0.111. The maximum Gasteiger partial charge on any atom is 0.304 e. The second-order valence-corrected chi connectivity index (χ2v) is 8.86. The molecule has 1 fully saturated rings. The van der Waals surface area contributed by atoms with Gasteiger partial charge in [0.2, 0.25) is 0 Å². The van der Waals surface area contributed by atoms with E-state index in [-0.39, 0.29) is 18.3 Å². The van der Waals surface area contributed by atoms with Gasteiger partial charge in [0.05, 0.1) is 6.61 Å². The van der Waals surface area contributed by atoms with Gasteiger partial charge in [0.15, 0.2) is 5.69 Å². The Morgan fingerprint density at radius 3 is 2.79 bits per heavy atom. The molecular formula is C19H26N4O5S. The Hall–Kier alpha value is -2.43.